The minimum Gasteiger partial charge on any atom is -0.346 e. The van der Waals surface area contributed by atoms with Crippen LogP contribution in [0.5, 0.6) is 0 Å². The number of aromatic nitrogens is 4. The van der Waals surface area contributed by atoms with Gasteiger partial charge in [0, 0.05) is 30.4 Å². The number of fused-ring (bicyclic) bond motifs is 5. The molecule has 2 N–H and O–H groups in total. The van der Waals surface area contributed by atoms with Crippen molar-refractivity contribution in [2.24, 2.45) is 0 Å². The molecule has 2 aliphatic rings. The van der Waals surface area contributed by atoms with E-state index >= 15 is 0 Å². The van der Waals surface area contributed by atoms with E-state index in [2.05, 4.69) is 63.1 Å². The molecular weight excluding hydrogens is 438 g/mol. The van der Waals surface area contributed by atoms with Gasteiger partial charge in [0.25, 0.3) is 5.91 Å². The predicted octanol–water partition coefficient (Wildman–Crippen LogP) is 4.93. The van der Waals surface area contributed by atoms with E-state index in [4.69, 9.17) is 4.98 Å². The molecule has 1 unspecified atom stereocenters. The average Bonchev–Trinajstić information content (AvgIpc) is 3.25. The average molecular weight is 474 g/mol. The quantitative estimate of drug-likeness (QED) is 0.482. The van der Waals surface area contributed by atoms with Crippen LogP contribution in [0.15, 0.2) is 36.7 Å². The highest BCUT2D eigenvalue weighted by atomic mass is 16.2. The molecule has 1 aliphatic carbocycles. The number of anilines is 2. The Kier molecular flexibility index (Phi) is 6.81. The van der Waals surface area contributed by atoms with Crippen molar-refractivity contribution < 1.29 is 4.79 Å². The maximum absolute atomic E-state index is 12.7. The highest BCUT2D eigenvalue weighted by Crippen LogP contribution is 2.36. The molecule has 35 heavy (non-hydrogen) atoms. The van der Waals surface area contributed by atoms with Gasteiger partial charge in [-0.15, -0.1) is 0 Å². The number of nitrogens with one attached hydrogen (secondary N) is 2. The second kappa shape index (κ2) is 10.2. The topological polar surface area (TPSA) is 88.0 Å². The van der Waals surface area contributed by atoms with Gasteiger partial charge in [-0.2, -0.15) is 4.98 Å². The van der Waals surface area contributed by atoms with Crippen molar-refractivity contribution in [3.05, 3.63) is 47.9 Å². The Balaban J connectivity index is 1.32. The molecule has 1 aliphatic heterocycles. The van der Waals surface area contributed by atoms with Crippen LogP contribution in [0.25, 0.3) is 16.6 Å². The zero-order chi connectivity index (χ0) is 24.4. The van der Waals surface area contributed by atoms with Gasteiger partial charge in [-0.05, 0) is 75.5 Å². The molecule has 0 radical (unpaired) electrons. The van der Waals surface area contributed by atoms with Crippen LogP contribution >= 0.6 is 0 Å². The summed E-state index contributed by atoms with van der Waals surface area (Å²) in [5.41, 5.74) is 3.83. The third kappa shape index (κ3) is 4.93. The van der Waals surface area contributed by atoms with Crippen molar-refractivity contribution in [2.45, 2.75) is 64.5 Å². The fourth-order valence-electron chi connectivity index (χ4n) is 5.34. The summed E-state index contributed by atoms with van der Waals surface area (Å²) >= 11 is 0. The van der Waals surface area contributed by atoms with Crippen molar-refractivity contribution >= 4 is 34.3 Å². The van der Waals surface area contributed by atoms with Crippen molar-refractivity contribution in [1.29, 1.82) is 0 Å². The molecule has 8 heteroatoms. The van der Waals surface area contributed by atoms with E-state index in [0.717, 1.165) is 55.4 Å². The largest absolute Gasteiger partial charge is 0.346 e. The number of hydrogen-bond acceptors (Lipinski definition) is 6. The van der Waals surface area contributed by atoms with Gasteiger partial charge >= 0.3 is 0 Å². The lowest BCUT2D eigenvalue weighted by atomic mass is 9.88. The molecule has 1 saturated carbocycles. The second-order valence-corrected chi connectivity index (χ2v) is 9.84. The van der Waals surface area contributed by atoms with E-state index in [1.54, 1.807) is 6.20 Å². The Hall–Kier alpha value is -3.26. The van der Waals surface area contributed by atoms with Gasteiger partial charge in [0.1, 0.15) is 17.2 Å². The summed E-state index contributed by atoms with van der Waals surface area (Å²) in [7, 11) is 2.17. The number of hydrogen-bond donors (Lipinski definition) is 2. The number of pyridine rings is 1. The monoisotopic (exact) mass is 473 g/mol. The van der Waals surface area contributed by atoms with Crippen LogP contribution in [-0.2, 0) is 0 Å². The van der Waals surface area contributed by atoms with Crippen molar-refractivity contribution in [3.8, 4) is 0 Å². The number of rotatable bonds is 8. The minimum absolute atomic E-state index is 0.0154. The predicted molar refractivity (Wildman–Crippen MR) is 140 cm³/mol. The fourth-order valence-corrected chi connectivity index (χ4v) is 5.34. The van der Waals surface area contributed by atoms with Gasteiger partial charge in [-0.25, -0.2) is 9.97 Å². The summed E-state index contributed by atoms with van der Waals surface area (Å²) in [5.74, 6) is 1.17. The normalized spacial score (nSPS) is 20.0. The minimum atomic E-state index is -0.0154. The smallest absolute Gasteiger partial charge is 0.268 e. The van der Waals surface area contributed by atoms with Gasteiger partial charge in [0.2, 0.25) is 5.95 Å². The van der Waals surface area contributed by atoms with Crippen LogP contribution in [-0.4, -0.2) is 56.5 Å². The third-order valence-electron chi connectivity index (χ3n) is 7.21. The number of allylic oxidation sites excluding steroid dienone is 1. The maximum Gasteiger partial charge on any atom is 0.268 e. The zero-order valence-corrected chi connectivity index (χ0v) is 20.9. The Bertz CT molecular complexity index is 1230. The maximum atomic E-state index is 12.7. The molecule has 1 amide bonds. The van der Waals surface area contributed by atoms with E-state index in [0.29, 0.717) is 17.5 Å². The lowest BCUT2D eigenvalue weighted by molar-refractivity contribution is 0.0855. The highest BCUT2D eigenvalue weighted by molar-refractivity contribution is 5.99. The first-order valence-electron chi connectivity index (χ1n) is 12.8. The van der Waals surface area contributed by atoms with Crippen molar-refractivity contribution in [2.75, 3.05) is 25.5 Å². The zero-order valence-electron chi connectivity index (χ0n) is 20.9. The fraction of sp³-hybridized carbons (Fsp3) is 0.481. The van der Waals surface area contributed by atoms with Gasteiger partial charge in [0.15, 0.2) is 0 Å². The Morgan fingerprint density at radius 2 is 2.09 bits per heavy atom. The SMILES string of the molecule is CCCN(C)CC/C=C(/C)c1ccc(Nc2ncc3cc4n(c3n2)C2CCCC[C@@H]2NC4=O)nc1. The number of amides is 1. The first kappa shape index (κ1) is 23.5. The molecule has 184 valence electrons. The first-order valence-corrected chi connectivity index (χ1v) is 12.8. The van der Waals surface area contributed by atoms with E-state index in [-0.39, 0.29) is 18.0 Å². The van der Waals surface area contributed by atoms with Gasteiger partial charge in [0.05, 0.1) is 6.04 Å². The summed E-state index contributed by atoms with van der Waals surface area (Å²) in [4.78, 5) is 28.9. The number of carbonyl (C=O) groups excluding carboxylic acids is 1. The summed E-state index contributed by atoms with van der Waals surface area (Å²) in [5, 5.41) is 7.32. The molecule has 0 spiro atoms. The van der Waals surface area contributed by atoms with Crippen LogP contribution in [0.1, 0.15) is 74.5 Å². The molecule has 0 saturated heterocycles. The van der Waals surface area contributed by atoms with E-state index in [1.807, 2.05) is 18.3 Å². The molecule has 8 nitrogen and oxygen atoms in total. The van der Waals surface area contributed by atoms with Crippen LogP contribution in [0, 0.1) is 0 Å². The Morgan fingerprint density at radius 1 is 1.23 bits per heavy atom. The first-order chi connectivity index (χ1) is 17.0. The molecule has 0 bridgehead atoms. The van der Waals surface area contributed by atoms with Crippen LogP contribution in [0.4, 0.5) is 11.8 Å². The van der Waals surface area contributed by atoms with Crippen LogP contribution in [0.3, 0.4) is 0 Å². The highest BCUT2D eigenvalue weighted by Gasteiger charge is 2.36. The lowest BCUT2D eigenvalue weighted by Crippen LogP contribution is -2.48. The standard InChI is InChI=1S/C27H35N7O/c1-4-13-33(3)14-7-8-18(2)19-11-12-24(28-16-19)31-27-29-17-20-15-23-26(35)30-21-9-5-6-10-22(21)34(23)25(20)32-27/h8,11-12,15-17,21-22H,4-7,9-10,13-14H2,1-3H3,(H,30,35)(H,28,29,31,32)/b18-8-/t21-,22?/m0/s1. The third-order valence-corrected chi connectivity index (χ3v) is 7.21. The van der Waals surface area contributed by atoms with Gasteiger partial charge < -0.3 is 20.1 Å². The van der Waals surface area contributed by atoms with E-state index in [1.165, 1.54) is 18.4 Å². The van der Waals surface area contributed by atoms with Crippen molar-refractivity contribution in [1.82, 2.24) is 29.7 Å². The lowest BCUT2D eigenvalue weighted by Gasteiger charge is -2.38. The van der Waals surface area contributed by atoms with Crippen molar-refractivity contribution in [3.63, 3.8) is 0 Å². The molecule has 3 aromatic rings. The summed E-state index contributed by atoms with van der Waals surface area (Å²) in [6, 6.07) is 6.38. The second-order valence-electron chi connectivity index (χ2n) is 9.84. The molecule has 2 atom stereocenters. The summed E-state index contributed by atoms with van der Waals surface area (Å²) < 4.78 is 2.13. The number of nitrogens with zero attached hydrogens (tertiary/aromatic N) is 5. The Morgan fingerprint density at radius 3 is 2.89 bits per heavy atom. The summed E-state index contributed by atoms with van der Waals surface area (Å²) in [6.45, 7) is 6.53. The van der Waals surface area contributed by atoms with E-state index in [9.17, 15) is 4.79 Å². The number of carbonyl (C=O) groups is 1. The van der Waals surface area contributed by atoms with Crippen LogP contribution < -0.4 is 10.6 Å². The molecule has 0 aromatic carbocycles. The molecule has 1 fully saturated rings. The summed E-state index contributed by atoms with van der Waals surface area (Å²) in [6.07, 6.45) is 12.6. The molecule has 3 aromatic heterocycles. The Labute approximate surface area is 206 Å². The molecule has 4 heterocycles. The van der Waals surface area contributed by atoms with Gasteiger partial charge in [-0.3, -0.25) is 4.79 Å². The van der Waals surface area contributed by atoms with Gasteiger partial charge in [-0.1, -0.05) is 25.8 Å². The molecular formula is C27H35N7O. The molecule has 5 rings (SSSR count). The van der Waals surface area contributed by atoms with Crippen LogP contribution in [0.2, 0.25) is 0 Å². The van der Waals surface area contributed by atoms with E-state index < -0.39 is 0 Å².